The van der Waals surface area contributed by atoms with Crippen molar-refractivity contribution in [1.82, 2.24) is 4.90 Å². The monoisotopic (exact) mass is 229 g/mol. The molecule has 0 aromatic carbocycles. The second-order valence-electron chi connectivity index (χ2n) is 4.30. The van der Waals surface area contributed by atoms with Gasteiger partial charge in [-0.3, -0.25) is 4.79 Å². The maximum Gasteiger partial charge on any atom is 0.307 e. The number of esters is 1. The highest BCUT2D eigenvalue weighted by molar-refractivity contribution is 5.69. The van der Waals surface area contributed by atoms with E-state index in [9.17, 15) is 4.79 Å². The molecule has 0 aromatic rings. The first-order valence-electron chi connectivity index (χ1n) is 6.13. The summed E-state index contributed by atoms with van der Waals surface area (Å²) in [6.07, 6.45) is 2.87. The van der Waals surface area contributed by atoms with E-state index in [1.165, 1.54) is 12.8 Å². The Bertz CT molecular complexity index is 200. The summed E-state index contributed by atoms with van der Waals surface area (Å²) in [7, 11) is 1.76. The number of carbonyl (C=O) groups is 1. The first-order valence-corrected chi connectivity index (χ1v) is 6.13. The average Bonchev–Trinajstić information content (AvgIpc) is 2.29. The Balaban J connectivity index is 2.10. The van der Waals surface area contributed by atoms with Crippen molar-refractivity contribution in [3.8, 4) is 0 Å². The lowest BCUT2D eigenvalue weighted by Gasteiger charge is -2.31. The smallest absolute Gasteiger partial charge is 0.307 e. The van der Waals surface area contributed by atoms with Crippen LogP contribution >= 0.6 is 0 Å². The lowest BCUT2D eigenvalue weighted by molar-refractivity contribution is -0.143. The summed E-state index contributed by atoms with van der Waals surface area (Å²) >= 11 is 0. The molecule has 0 aliphatic carbocycles. The molecule has 1 heterocycles. The first-order chi connectivity index (χ1) is 7.76. The zero-order chi connectivity index (χ0) is 11.8. The van der Waals surface area contributed by atoms with Gasteiger partial charge in [0.25, 0.3) is 0 Å². The standard InChI is InChI=1S/C12H23NO3/c1-3-16-12(14)6-9-13-7-4-11(5-8-13)10-15-2/h11H,3-10H2,1-2H3. The van der Waals surface area contributed by atoms with Crippen molar-refractivity contribution in [3.05, 3.63) is 0 Å². The van der Waals surface area contributed by atoms with Crippen LogP contribution in [0.3, 0.4) is 0 Å². The summed E-state index contributed by atoms with van der Waals surface area (Å²) in [4.78, 5) is 13.5. The SMILES string of the molecule is CCOC(=O)CCN1CCC(COC)CC1. The van der Waals surface area contributed by atoms with Gasteiger partial charge in [0.15, 0.2) is 0 Å². The largest absolute Gasteiger partial charge is 0.466 e. The summed E-state index contributed by atoms with van der Waals surface area (Å²) in [5.41, 5.74) is 0. The molecule has 0 bridgehead atoms. The molecular formula is C12H23NO3. The minimum atomic E-state index is -0.0819. The van der Waals surface area contributed by atoms with E-state index in [2.05, 4.69) is 4.90 Å². The molecular weight excluding hydrogens is 206 g/mol. The summed E-state index contributed by atoms with van der Waals surface area (Å²) in [5, 5.41) is 0. The second-order valence-corrected chi connectivity index (χ2v) is 4.30. The number of hydrogen-bond acceptors (Lipinski definition) is 4. The number of piperidine rings is 1. The number of ether oxygens (including phenoxy) is 2. The first kappa shape index (κ1) is 13.5. The lowest BCUT2D eigenvalue weighted by atomic mass is 9.98. The second kappa shape index (κ2) is 7.63. The molecule has 4 nitrogen and oxygen atoms in total. The van der Waals surface area contributed by atoms with Crippen molar-refractivity contribution in [1.29, 1.82) is 0 Å². The number of carbonyl (C=O) groups excluding carboxylic acids is 1. The highest BCUT2D eigenvalue weighted by Crippen LogP contribution is 2.17. The zero-order valence-corrected chi connectivity index (χ0v) is 10.4. The minimum Gasteiger partial charge on any atom is -0.466 e. The average molecular weight is 229 g/mol. The fourth-order valence-electron chi connectivity index (χ4n) is 2.09. The van der Waals surface area contributed by atoms with Gasteiger partial charge in [-0.2, -0.15) is 0 Å². The fourth-order valence-corrected chi connectivity index (χ4v) is 2.09. The van der Waals surface area contributed by atoms with Crippen molar-refractivity contribution < 1.29 is 14.3 Å². The van der Waals surface area contributed by atoms with E-state index in [-0.39, 0.29) is 5.97 Å². The van der Waals surface area contributed by atoms with E-state index >= 15 is 0 Å². The molecule has 0 spiro atoms. The maximum atomic E-state index is 11.2. The van der Waals surface area contributed by atoms with Gasteiger partial charge < -0.3 is 14.4 Å². The number of rotatable bonds is 6. The Kier molecular flexibility index (Phi) is 6.42. The van der Waals surface area contributed by atoms with Gasteiger partial charge in [0, 0.05) is 20.3 Å². The highest BCUT2D eigenvalue weighted by Gasteiger charge is 2.19. The topological polar surface area (TPSA) is 38.8 Å². The minimum absolute atomic E-state index is 0.0819. The molecule has 0 saturated carbocycles. The van der Waals surface area contributed by atoms with Gasteiger partial charge in [0.1, 0.15) is 0 Å². The van der Waals surface area contributed by atoms with Gasteiger partial charge in [-0.1, -0.05) is 0 Å². The predicted molar refractivity (Wildman–Crippen MR) is 62.3 cm³/mol. The molecule has 4 heteroatoms. The van der Waals surface area contributed by atoms with E-state index in [0.29, 0.717) is 18.9 Å². The Hall–Kier alpha value is -0.610. The molecule has 1 rings (SSSR count). The van der Waals surface area contributed by atoms with Crippen LogP contribution < -0.4 is 0 Å². The van der Waals surface area contributed by atoms with Crippen molar-refractivity contribution in [2.24, 2.45) is 5.92 Å². The third-order valence-corrected chi connectivity index (χ3v) is 3.05. The third-order valence-electron chi connectivity index (χ3n) is 3.05. The van der Waals surface area contributed by atoms with Gasteiger partial charge in [-0.15, -0.1) is 0 Å². The van der Waals surface area contributed by atoms with E-state index in [0.717, 1.165) is 26.2 Å². The number of likely N-dealkylation sites (tertiary alicyclic amines) is 1. The summed E-state index contributed by atoms with van der Waals surface area (Å²) in [6.45, 7) is 6.17. The third kappa shape index (κ3) is 4.94. The van der Waals surface area contributed by atoms with Crippen LogP contribution in [0.15, 0.2) is 0 Å². The molecule has 0 amide bonds. The summed E-state index contributed by atoms with van der Waals surface area (Å²) in [5.74, 6) is 0.616. The number of methoxy groups -OCH3 is 1. The normalized spacial score (nSPS) is 18.6. The van der Waals surface area contributed by atoms with Crippen LogP contribution in [0.2, 0.25) is 0 Å². The van der Waals surface area contributed by atoms with Crippen LogP contribution in [0.1, 0.15) is 26.2 Å². The molecule has 0 atom stereocenters. The molecule has 0 unspecified atom stereocenters. The Morgan fingerprint density at radius 2 is 2.06 bits per heavy atom. The maximum absolute atomic E-state index is 11.2. The number of hydrogen-bond donors (Lipinski definition) is 0. The van der Waals surface area contributed by atoms with Crippen LogP contribution in [-0.4, -0.2) is 50.8 Å². The van der Waals surface area contributed by atoms with Crippen molar-refractivity contribution in [3.63, 3.8) is 0 Å². The molecule has 1 saturated heterocycles. The zero-order valence-electron chi connectivity index (χ0n) is 10.4. The summed E-state index contributed by atoms with van der Waals surface area (Å²) in [6, 6.07) is 0. The highest BCUT2D eigenvalue weighted by atomic mass is 16.5. The van der Waals surface area contributed by atoms with Crippen LogP contribution in [-0.2, 0) is 14.3 Å². The van der Waals surface area contributed by atoms with Crippen LogP contribution in [0.5, 0.6) is 0 Å². The van der Waals surface area contributed by atoms with Crippen molar-refractivity contribution >= 4 is 5.97 Å². The Morgan fingerprint density at radius 3 is 2.62 bits per heavy atom. The molecule has 94 valence electrons. The van der Waals surface area contributed by atoms with E-state index in [1.54, 1.807) is 7.11 Å². The van der Waals surface area contributed by atoms with Crippen LogP contribution in [0, 0.1) is 5.92 Å². The molecule has 1 aliphatic heterocycles. The van der Waals surface area contributed by atoms with Gasteiger partial charge in [-0.25, -0.2) is 0 Å². The molecule has 1 aliphatic rings. The predicted octanol–water partition coefficient (Wildman–Crippen LogP) is 1.30. The number of nitrogens with zero attached hydrogens (tertiary/aromatic N) is 1. The fraction of sp³-hybridized carbons (Fsp3) is 0.917. The Morgan fingerprint density at radius 1 is 1.38 bits per heavy atom. The summed E-state index contributed by atoms with van der Waals surface area (Å²) < 4.78 is 10.1. The van der Waals surface area contributed by atoms with Crippen molar-refractivity contribution in [2.45, 2.75) is 26.2 Å². The molecule has 1 fully saturated rings. The van der Waals surface area contributed by atoms with Crippen molar-refractivity contribution in [2.75, 3.05) is 40.0 Å². The van der Waals surface area contributed by atoms with Gasteiger partial charge >= 0.3 is 5.97 Å². The van der Waals surface area contributed by atoms with E-state index in [4.69, 9.17) is 9.47 Å². The molecule has 0 N–H and O–H groups in total. The van der Waals surface area contributed by atoms with Gasteiger partial charge in [0.2, 0.25) is 0 Å². The van der Waals surface area contributed by atoms with E-state index < -0.39 is 0 Å². The van der Waals surface area contributed by atoms with Gasteiger partial charge in [0.05, 0.1) is 13.0 Å². The molecule has 0 radical (unpaired) electrons. The van der Waals surface area contributed by atoms with Gasteiger partial charge in [-0.05, 0) is 38.8 Å². The van der Waals surface area contributed by atoms with E-state index in [1.807, 2.05) is 6.92 Å². The molecule has 0 aromatic heterocycles. The molecule has 16 heavy (non-hydrogen) atoms. The quantitative estimate of drug-likeness (QED) is 0.643. The van der Waals surface area contributed by atoms with Crippen LogP contribution in [0.25, 0.3) is 0 Å². The lowest BCUT2D eigenvalue weighted by Crippen LogP contribution is -2.36. The van der Waals surface area contributed by atoms with Crippen LogP contribution in [0.4, 0.5) is 0 Å². The Labute approximate surface area is 97.9 Å².